The number of phenols is 1. The van der Waals surface area contributed by atoms with Crippen molar-refractivity contribution < 1.29 is 19.8 Å². The van der Waals surface area contributed by atoms with Gasteiger partial charge in [0.25, 0.3) is 11.5 Å². The minimum atomic E-state index is -1.07. The van der Waals surface area contributed by atoms with Crippen molar-refractivity contribution in [3.05, 3.63) is 70.0 Å². The average molecular weight is 324 g/mol. The smallest absolute Gasteiger partial charge is 0.335 e. The van der Waals surface area contributed by atoms with Crippen molar-refractivity contribution >= 4 is 28.5 Å². The van der Waals surface area contributed by atoms with Crippen molar-refractivity contribution in [3.63, 3.8) is 0 Å². The number of fused-ring (bicyclic) bond motifs is 1. The number of carboxylic acid groups (broad SMARTS) is 1. The summed E-state index contributed by atoms with van der Waals surface area (Å²) in [6.07, 6.45) is 0. The summed E-state index contributed by atoms with van der Waals surface area (Å²) in [5.41, 5.74) is -0.0450. The number of rotatable bonds is 3. The number of carboxylic acids is 1. The van der Waals surface area contributed by atoms with Crippen LogP contribution in [0, 0.1) is 0 Å². The molecule has 0 saturated carbocycles. The number of anilines is 1. The molecule has 1 amide bonds. The standard InChI is InChI=1S/C17H12N2O5/c20-13-3-1-2-10-8-12(16(22)19-14(10)13)15(21)18-11-6-4-9(5-7-11)17(23)24/h1-8,20H,(H,18,21)(H,19,22)(H,23,24). The highest BCUT2D eigenvalue weighted by molar-refractivity contribution is 6.06. The van der Waals surface area contributed by atoms with Crippen molar-refractivity contribution in [2.45, 2.75) is 0 Å². The first kappa shape index (κ1) is 15.3. The fourth-order valence-corrected chi connectivity index (χ4v) is 2.28. The van der Waals surface area contributed by atoms with Crippen LogP contribution in [0.5, 0.6) is 5.75 Å². The number of benzene rings is 2. The number of phenolic OH excluding ortho intramolecular Hbond substituents is 1. The highest BCUT2D eigenvalue weighted by atomic mass is 16.4. The molecule has 0 unspecified atom stereocenters. The lowest BCUT2D eigenvalue weighted by molar-refractivity contribution is 0.0696. The summed E-state index contributed by atoms with van der Waals surface area (Å²) in [7, 11) is 0. The molecule has 0 fully saturated rings. The Balaban J connectivity index is 1.92. The van der Waals surface area contributed by atoms with Gasteiger partial charge in [0, 0.05) is 11.1 Å². The lowest BCUT2D eigenvalue weighted by Crippen LogP contribution is -2.23. The molecule has 24 heavy (non-hydrogen) atoms. The van der Waals surface area contributed by atoms with E-state index in [0.29, 0.717) is 11.1 Å². The molecule has 3 aromatic rings. The second kappa shape index (κ2) is 5.88. The first-order valence-corrected chi connectivity index (χ1v) is 6.95. The van der Waals surface area contributed by atoms with E-state index < -0.39 is 17.4 Å². The van der Waals surface area contributed by atoms with Gasteiger partial charge in [-0.2, -0.15) is 0 Å². The number of aromatic hydroxyl groups is 1. The van der Waals surface area contributed by atoms with Gasteiger partial charge in [-0.05, 0) is 36.4 Å². The molecule has 1 aromatic heterocycles. The number of hydrogen-bond acceptors (Lipinski definition) is 4. The zero-order valence-electron chi connectivity index (χ0n) is 12.2. The molecule has 0 aliphatic rings. The van der Waals surface area contributed by atoms with Crippen LogP contribution in [-0.4, -0.2) is 27.1 Å². The van der Waals surface area contributed by atoms with Crippen LogP contribution in [0.3, 0.4) is 0 Å². The third-order valence-electron chi connectivity index (χ3n) is 3.49. The maximum Gasteiger partial charge on any atom is 0.335 e. The van der Waals surface area contributed by atoms with Crippen LogP contribution in [0.2, 0.25) is 0 Å². The summed E-state index contributed by atoms with van der Waals surface area (Å²) in [5, 5.41) is 21.6. The SMILES string of the molecule is O=C(O)c1ccc(NC(=O)c2cc3cccc(O)c3[nH]c2=O)cc1. The van der Waals surface area contributed by atoms with Gasteiger partial charge >= 0.3 is 5.97 Å². The minimum Gasteiger partial charge on any atom is -0.506 e. The highest BCUT2D eigenvalue weighted by Gasteiger charge is 2.13. The number of aromatic nitrogens is 1. The van der Waals surface area contributed by atoms with Crippen LogP contribution in [0.4, 0.5) is 5.69 Å². The minimum absolute atomic E-state index is 0.0826. The van der Waals surface area contributed by atoms with Gasteiger partial charge in [-0.15, -0.1) is 0 Å². The maximum atomic E-state index is 12.3. The van der Waals surface area contributed by atoms with Crippen molar-refractivity contribution in [1.29, 1.82) is 0 Å². The fourth-order valence-electron chi connectivity index (χ4n) is 2.28. The quantitative estimate of drug-likeness (QED) is 0.588. The molecular weight excluding hydrogens is 312 g/mol. The molecule has 4 N–H and O–H groups in total. The molecule has 120 valence electrons. The predicted molar refractivity (Wildman–Crippen MR) is 87.6 cm³/mol. The zero-order chi connectivity index (χ0) is 17.3. The van der Waals surface area contributed by atoms with Crippen molar-refractivity contribution in [2.75, 3.05) is 5.32 Å². The molecular formula is C17H12N2O5. The molecule has 7 heteroatoms. The van der Waals surface area contributed by atoms with Crippen LogP contribution in [0.1, 0.15) is 20.7 Å². The molecule has 0 atom stereocenters. The summed E-state index contributed by atoms with van der Waals surface area (Å²) in [6.45, 7) is 0. The number of carbonyl (C=O) groups excluding carboxylic acids is 1. The highest BCUT2D eigenvalue weighted by Crippen LogP contribution is 2.21. The number of aromatic carboxylic acids is 1. The Morgan fingerprint density at radius 2 is 1.75 bits per heavy atom. The second-order valence-electron chi connectivity index (χ2n) is 5.09. The number of aromatic amines is 1. The van der Waals surface area contributed by atoms with Gasteiger partial charge in [0.1, 0.15) is 11.3 Å². The third-order valence-corrected chi connectivity index (χ3v) is 3.49. The predicted octanol–water partition coefficient (Wildman–Crippen LogP) is 2.18. The molecule has 0 spiro atoms. The van der Waals surface area contributed by atoms with Gasteiger partial charge in [0.2, 0.25) is 0 Å². The monoisotopic (exact) mass is 324 g/mol. The van der Waals surface area contributed by atoms with E-state index in [2.05, 4.69) is 10.3 Å². The molecule has 1 heterocycles. The molecule has 3 rings (SSSR count). The number of nitrogens with one attached hydrogen (secondary N) is 2. The van der Waals surface area contributed by atoms with Crippen LogP contribution < -0.4 is 10.9 Å². The first-order chi connectivity index (χ1) is 11.5. The van der Waals surface area contributed by atoms with Gasteiger partial charge in [-0.25, -0.2) is 4.79 Å². The zero-order valence-corrected chi connectivity index (χ0v) is 12.2. The summed E-state index contributed by atoms with van der Waals surface area (Å²) in [5.74, 6) is -1.79. The van der Waals surface area contributed by atoms with E-state index >= 15 is 0 Å². The van der Waals surface area contributed by atoms with E-state index in [1.54, 1.807) is 12.1 Å². The van der Waals surface area contributed by atoms with Gasteiger partial charge in [0.05, 0.1) is 11.1 Å². The largest absolute Gasteiger partial charge is 0.506 e. The molecule has 0 bridgehead atoms. The molecule has 2 aromatic carbocycles. The Morgan fingerprint density at radius 1 is 1.04 bits per heavy atom. The molecule has 7 nitrogen and oxygen atoms in total. The van der Waals surface area contributed by atoms with E-state index in [1.165, 1.54) is 36.4 Å². The average Bonchev–Trinajstić information content (AvgIpc) is 2.55. The number of pyridine rings is 1. The molecule has 0 radical (unpaired) electrons. The lowest BCUT2D eigenvalue weighted by Gasteiger charge is -2.07. The summed E-state index contributed by atoms with van der Waals surface area (Å²) in [4.78, 5) is 37.6. The number of carbonyl (C=O) groups is 2. The number of hydrogen-bond donors (Lipinski definition) is 4. The third kappa shape index (κ3) is 2.82. The Morgan fingerprint density at radius 3 is 2.42 bits per heavy atom. The van der Waals surface area contributed by atoms with E-state index in [1.807, 2.05) is 0 Å². The maximum absolute atomic E-state index is 12.3. The Bertz CT molecular complexity index is 1010. The van der Waals surface area contributed by atoms with Gasteiger partial charge in [-0.1, -0.05) is 12.1 Å². The van der Waals surface area contributed by atoms with Crippen LogP contribution >= 0.6 is 0 Å². The molecule has 0 saturated heterocycles. The van der Waals surface area contributed by atoms with Crippen molar-refractivity contribution in [2.24, 2.45) is 0 Å². The van der Waals surface area contributed by atoms with E-state index in [-0.39, 0.29) is 22.4 Å². The Hall–Kier alpha value is -3.61. The van der Waals surface area contributed by atoms with Crippen LogP contribution in [0.15, 0.2) is 53.3 Å². The number of H-pyrrole nitrogens is 1. The van der Waals surface area contributed by atoms with E-state index in [9.17, 15) is 19.5 Å². The lowest BCUT2D eigenvalue weighted by atomic mass is 10.1. The van der Waals surface area contributed by atoms with Gasteiger partial charge in [0.15, 0.2) is 0 Å². The Kier molecular flexibility index (Phi) is 3.75. The number of amides is 1. The normalized spacial score (nSPS) is 10.5. The summed E-state index contributed by atoms with van der Waals surface area (Å²) < 4.78 is 0. The topological polar surface area (TPSA) is 119 Å². The Labute approximate surface area is 135 Å². The van der Waals surface area contributed by atoms with Crippen molar-refractivity contribution in [1.82, 2.24) is 4.98 Å². The molecule has 0 aliphatic heterocycles. The number of para-hydroxylation sites is 1. The van der Waals surface area contributed by atoms with E-state index in [4.69, 9.17) is 5.11 Å². The van der Waals surface area contributed by atoms with Crippen molar-refractivity contribution in [3.8, 4) is 5.75 Å². The van der Waals surface area contributed by atoms with E-state index in [0.717, 1.165) is 0 Å². The van der Waals surface area contributed by atoms with Gasteiger partial charge < -0.3 is 20.5 Å². The van der Waals surface area contributed by atoms with Crippen LogP contribution in [-0.2, 0) is 0 Å². The van der Waals surface area contributed by atoms with Gasteiger partial charge in [-0.3, -0.25) is 9.59 Å². The molecule has 0 aliphatic carbocycles. The van der Waals surface area contributed by atoms with Crippen LogP contribution in [0.25, 0.3) is 10.9 Å². The summed E-state index contributed by atoms with van der Waals surface area (Å²) in [6, 6.07) is 11.6. The fraction of sp³-hybridized carbons (Fsp3) is 0. The second-order valence-corrected chi connectivity index (χ2v) is 5.09. The summed E-state index contributed by atoms with van der Waals surface area (Å²) >= 11 is 0. The first-order valence-electron chi connectivity index (χ1n) is 6.95.